The van der Waals surface area contributed by atoms with E-state index < -0.39 is 0 Å². The zero-order valence-electron chi connectivity index (χ0n) is 15.8. The van der Waals surface area contributed by atoms with E-state index in [0.29, 0.717) is 12.2 Å². The molecule has 0 unspecified atom stereocenters. The van der Waals surface area contributed by atoms with Gasteiger partial charge in [-0.25, -0.2) is 4.39 Å². The number of nitrogens with one attached hydrogen (secondary N) is 3. The summed E-state index contributed by atoms with van der Waals surface area (Å²) in [7, 11) is 1.68. The van der Waals surface area contributed by atoms with Crippen LogP contribution in [0.4, 0.5) is 10.1 Å². The van der Waals surface area contributed by atoms with E-state index in [0.717, 1.165) is 44.9 Å². The summed E-state index contributed by atoms with van der Waals surface area (Å²) in [6, 6.07) is 14.3. The van der Waals surface area contributed by atoms with Gasteiger partial charge in [0, 0.05) is 12.1 Å². The van der Waals surface area contributed by atoms with Crippen LogP contribution in [0, 0.1) is 5.82 Å². The minimum absolute atomic E-state index is 0.0581. The number of benzene rings is 2. The van der Waals surface area contributed by atoms with Gasteiger partial charge in [0.2, 0.25) is 0 Å². The molecule has 0 saturated carbocycles. The Morgan fingerprint density at radius 1 is 1.07 bits per heavy atom. The Hall–Kier alpha value is -2.44. The number of carbonyl (C=O) groups excluding carboxylic acids is 1. The number of ether oxygens (including phenoxy) is 1. The lowest BCUT2D eigenvalue weighted by molar-refractivity contribution is -1.01. The summed E-state index contributed by atoms with van der Waals surface area (Å²) in [6.45, 7) is 5.64. The first-order valence-electron chi connectivity index (χ1n) is 9.48. The number of anilines is 1. The van der Waals surface area contributed by atoms with Crippen LogP contribution in [0.15, 0.2) is 48.5 Å². The standard InChI is InChI=1S/C21H26FN3O2/c1-27-20-7-5-17(6-8-20)9-10-24-11-13-25(14-12-24)16-21(26)23-19-4-2-3-18(22)15-19/h2-8,15H,9-14,16H2,1H3,(H,23,26)/p+2. The number of carbonyl (C=O) groups is 1. The van der Waals surface area contributed by atoms with E-state index >= 15 is 0 Å². The Balaban J connectivity index is 1.37. The third-order valence-corrected chi connectivity index (χ3v) is 5.11. The molecule has 2 aromatic rings. The van der Waals surface area contributed by atoms with Crippen LogP contribution in [0.3, 0.4) is 0 Å². The van der Waals surface area contributed by atoms with Crippen molar-refractivity contribution in [1.29, 1.82) is 0 Å². The molecule has 0 spiro atoms. The Morgan fingerprint density at radius 3 is 2.44 bits per heavy atom. The van der Waals surface area contributed by atoms with Crippen LogP contribution in [0.2, 0.25) is 0 Å². The summed E-state index contributed by atoms with van der Waals surface area (Å²) < 4.78 is 18.4. The van der Waals surface area contributed by atoms with E-state index in [-0.39, 0.29) is 11.7 Å². The van der Waals surface area contributed by atoms with Gasteiger partial charge in [-0.05, 0) is 35.9 Å². The molecule has 6 heteroatoms. The van der Waals surface area contributed by atoms with Crippen molar-refractivity contribution in [3.63, 3.8) is 0 Å². The second-order valence-electron chi connectivity index (χ2n) is 7.08. The smallest absolute Gasteiger partial charge is 0.279 e. The van der Waals surface area contributed by atoms with Gasteiger partial charge in [0.1, 0.15) is 37.7 Å². The molecule has 0 bridgehead atoms. The first-order chi connectivity index (χ1) is 13.1. The van der Waals surface area contributed by atoms with Gasteiger partial charge in [0.25, 0.3) is 5.91 Å². The van der Waals surface area contributed by atoms with Gasteiger partial charge in [-0.3, -0.25) is 4.79 Å². The summed E-state index contributed by atoms with van der Waals surface area (Å²) in [6.07, 6.45) is 1.05. The number of halogens is 1. The van der Waals surface area contributed by atoms with Crippen molar-refractivity contribution in [2.24, 2.45) is 0 Å². The van der Waals surface area contributed by atoms with Crippen LogP contribution in [0.5, 0.6) is 5.75 Å². The zero-order chi connectivity index (χ0) is 19.1. The van der Waals surface area contributed by atoms with E-state index in [1.165, 1.54) is 22.6 Å². The van der Waals surface area contributed by atoms with Crippen LogP contribution in [-0.4, -0.2) is 52.3 Å². The molecule has 1 amide bonds. The molecule has 1 fully saturated rings. The molecule has 1 aliphatic rings. The lowest BCUT2D eigenvalue weighted by Crippen LogP contribution is -3.28. The maximum Gasteiger partial charge on any atom is 0.279 e. The first kappa shape index (κ1) is 19.3. The second kappa shape index (κ2) is 9.48. The quantitative estimate of drug-likeness (QED) is 0.630. The Bertz CT molecular complexity index is 743. The lowest BCUT2D eigenvalue weighted by atomic mass is 10.1. The summed E-state index contributed by atoms with van der Waals surface area (Å²) in [4.78, 5) is 15.0. The summed E-state index contributed by atoms with van der Waals surface area (Å²) in [5.41, 5.74) is 1.84. The predicted molar refractivity (Wildman–Crippen MR) is 103 cm³/mol. The van der Waals surface area contributed by atoms with Crippen LogP contribution in [-0.2, 0) is 11.2 Å². The molecule has 144 valence electrons. The third-order valence-electron chi connectivity index (χ3n) is 5.11. The average Bonchev–Trinajstić information content (AvgIpc) is 2.68. The molecule has 0 radical (unpaired) electrons. The number of piperazine rings is 1. The van der Waals surface area contributed by atoms with Crippen molar-refractivity contribution in [3.8, 4) is 5.75 Å². The second-order valence-corrected chi connectivity index (χ2v) is 7.08. The molecule has 5 nitrogen and oxygen atoms in total. The molecule has 3 N–H and O–H groups in total. The fourth-order valence-corrected chi connectivity index (χ4v) is 3.50. The van der Waals surface area contributed by atoms with Crippen molar-refractivity contribution in [2.75, 3.05) is 51.7 Å². The van der Waals surface area contributed by atoms with Crippen molar-refractivity contribution < 1.29 is 23.7 Å². The number of hydrogen-bond acceptors (Lipinski definition) is 2. The molecular weight excluding hydrogens is 345 g/mol. The largest absolute Gasteiger partial charge is 0.497 e. The average molecular weight is 373 g/mol. The summed E-state index contributed by atoms with van der Waals surface area (Å²) in [5, 5.41) is 2.78. The molecule has 1 aliphatic heterocycles. The highest BCUT2D eigenvalue weighted by Gasteiger charge is 2.24. The Morgan fingerprint density at radius 2 is 1.78 bits per heavy atom. The normalized spacial score (nSPS) is 19.5. The molecule has 2 aromatic carbocycles. The number of methoxy groups -OCH3 is 1. The zero-order valence-corrected chi connectivity index (χ0v) is 15.8. The molecular formula is C21H28FN3O2+2. The van der Waals surface area contributed by atoms with Crippen LogP contribution in [0.1, 0.15) is 5.56 Å². The maximum absolute atomic E-state index is 13.2. The molecule has 27 heavy (non-hydrogen) atoms. The lowest BCUT2D eigenvalue weighted by Gasteiger charge is -2.29. The Kier molecular flexibility index (Phi) is 6.79. The van der Waals surface area contributed by atoms with Crippen LogP contribution < -0.4 is 19.9 Å². The van der Waals surface area contributed by atoms with Crippen LogP contribution >= 0.6 is 0 Å². The first-order valence-corrected chi connectivity index (χ1v) is 9.48. The monoisotopic (exact) mass is 373 g/mol. The fourth-order valence-electron chi connectivity index (χ4n) is 3.50. The van der Waals surface area contributed by atoms with Crippen LogP contribution in [0.25, 0.3) is 0 Å². The highest BCUT2D eigenvalue weighted by atomic mass is 19.1. The predicted octanol–water partition coefficient (Wildman–Crippen LogP) is -0.201. The number of amides is 1. The third kappa shape index (κ3) is 6.05. The number of rotatable bonds is 7. The van der Waals surface area contributed by atoms with Gasteiger partial charge in [-0.15, -0.1) is 0 Å². The van der Waals surface area contributed by atoms with Crippen molar-refractivity contribution >= 4 is 11.6 Å². The van der Waals surface area contributed by atoms with E-state index in [4.69, 9.17) is 4.74 Å². The number of hydrogen-bond donors (Lipinski definition) is 3. The van der Waals surface area contributed by atoms with E-state index in [9.17, 15) is 9.18 Å². The van der Waals surface area contributed by atoms with E-state index in [1.807, 2.05) is 12.1 Å². The maximum atomic E-state index is 13.2. The minimum atomic E-state index is -0.339. The van der Waals surface area contributed by atoms with Gasteiger partial charge in [-0.2, -0.15) is 0 Å². The molecule has 3 rings (SSSR count). The Labute approximate surface area is 159 Å². The van der Waals surface area contributed by atoms with Gasteiger partial charge in [-0.1, -0.05) is 18.2 Å². The van der Waals surface area contributed by atoms with Crippen molar-refractivity contribution in [3.05, 3.63) is 59.9 Å². The molecule has 1 saturated heterocycles. The topological polar surface area (TPSA) is 47.2 Å². The molecule has 1 heterocycles. The fraction of sp³-hybridized carbons (Fsp3) is 0.381. The highest BCUT2D eigenvalue weighted by molar-refractivity contribution is 5.91. The highest BCUT2D eigenvalue weighted by Crippen LogP contribution is 2.11. The summed E-state index contributed by atoms with van der Waals surface area (Å²) in [5.74, 6) is 0.492. The van der Waals surface area contributed by atoms with Crippen molar-refractivity contribution in [2.45, 2.75) is 6.42 Å². The summed E-state index contributed by atoms with van der Waals surface area (Å²) >= 11 is 0. The molecule has 0 aliphatic carbocycles. The molecule has 0 atom stereocenters. The van der Waals surface area contributed by atoms with Gasteiger partial charge >= 0.3 is 0 Å². The van der Waals surface area contributed by atoms with Gasteiger partial charge < -0.3 is 19.9 Å². The minimum Gasteiger partial charge on any atom is -0.497 e. The van der Waals surface area contributed by atoms with Gasteiger partial charge in [0.05, 0.1) is 13.7 Å². The van der Waals surface area contributed by atoms with Crippen molar-refractivity contribution in [1.82, 2.24) is 0 Å². The van der Waals surface area contributed by atoms with Gasteiger partial charge in [0.15, 0.2) is 6.54 Å². The van der Waals surface area contributed by atoms with E-state index in [2.05, 4.69) is 17.4 Å². The van der Waals surface area contributed by atoms with E-state index in [1.54, 1.807) is 24.1 Å². The number of quaternary nitrogens is 2. The SMILES string of the molecule is COc1ccc(CC[NH+]2CC[NH+](CC(=O)Nc3cccc(F)c3)CC2)cc1. The molecule has 0 aromatic heterocycles.